The first-order valence-electron chi connectivity index (χ1n) is 5.61. The minimum atomic E-state index is -0.320. The van der Waals surface area contributed by atoms with Crippen LogP contribution in [0.2, 0.25) is 5.02 Å². The number of nitrogen functional groups attached to an aromatic ring is 1. The van der Waals surface area contributed by atoms with E-state index in [9.17, 15) is 4.79 Å². The van der Waals surface area contributed by atoms with Crippen molar-refractivity contribution in [1.29, 1.82) is 0 Å². The number of rotatable bonds is 1. The summed E-state index contributed by atoms with van der Waals surface area (Å²) < 4.78 is 1.71. The van der Waals surface area contributed by atoms with Crippen LogP contribution in [0, 0.1) is 0 Å². The number of carbonyl (C=O) groups excluding carboxylic acids is 1. The van der Waals surface area contributed by atoms with E-state index in [1.807, 2.05) is 0 Å². The molecule has 1 aliphatic rings. The quantitative estimate of drug-likeness (QED) is 0.837. The van der Waals surface area contributed by atoms with E-state index >= 15 is 0 Å². The highest BCUT2D eigenvalue weighted by Crippen LogP contribution is 2.32. The largest absolute Gasteiger partial charge is 0.369 e. The van der Waals surface area contributed by atoms with Gasteiger partial charge in [-0.25, -0.2) is 4.98 Å². The molecule has 2 aromatic rings. The Morgan fingerprint density at radius 2 is 2.28 bits per heavy atom. The van der Waals surface area contributed by atoms with Crippen LogP contribution in [0.25, 0.3) is 11.0 Å². The molecule has 7 heteroatoms. The van der Waals surface area contributed by atoms with E-state index in [1.165, 1.54) is 6.20 Å². The Morgan fingerprint density at radius 3 is 2.94 bits per heavy atom. The number of carbonyl (C=O) groups is 1. The molecule has 3 heterocycles. The second-order valence-corrected chi connectivity index (χ2v) is 4.80. The molecule has 1 atom stereocenters. The molecule has 94 valence electrons. The lowest BCUT2D eigenvalue weighted by molar-refractivity contribution is -0.129. The minimum absolute atomic E-state index is 0.0360. The van der Waals surface area contributed by atoms with E-state index < -0.39 is 0 Å². The second-order valence-electron chi connectivity index (χ2n) is 4.39. The molecule has 0 saturated carbocycles. The van der Waals surface area contributed by atoms with Crippen LogP contribution < -0.4 is 5.73 Å². The lowest BCUT2D eigenvalue weighted by Gasteiger charge is -2.14. The van der Waals surface area contributed by atoms with Gasteiger partial charge >= 0.3 is 0 Å². The molecule has 1 amide bonds. The number of hydrogen-bond donors (Lipinski definition) is 1. The van der Waals surface area contributed by atoms with Gasteiger partial charge in [-0.1, -0.05) is 11.6 Å². The Hall–Kier alpha value is -1.82. The summed E-state index contributed by atoms with van der Waals surface area (Å²) in [6, 6.07) is -0.320. The van der Waals surface area contributed by atoms with Crippen molar-refractivity contribution in [3.05, 3.63) is 17.4 Å². The number of halogens is 1. The predicted molar refractivity (Wildman–Crippen MR) is 68.2 cm³/mol. The van der Waals surface area contributed by atoms with Gasteiger partial charge in [-0.2, -0.15) is 0 Å². The van der Waals surface area contributed by atoms with Crippen LogP contribution >= 0.6 is 11.6 Å². The van der Waals surface area contributed by atoms with Gasteiger partial charge in [0.25, 0.3) is 0 Å². The summed E-state index contributed by atoms with van der Waals surface area (Å²) in [5, 5.41) is 0.457. The Morgan fingerprint density at radius 1 is 1.50 bits per heavy atom. The standard InChI is InChI=1S/C11H12ClN5O/c1-16-3-2-8(10(16)18)17-9-6(12)4-14-5-7(9)15-11(17)13/h4-5,8H,2-3H2,1H3,(H2,13,15). The Balaban J connectivity index is 2.23. The third kappa shape index (κ3) is 1.45. The number of pyridine rings is 1. The minimum Gasteiger partial charge on any atom is -0.369 e. The summed E-state index contributed by atoms with van der Waals surface area (Å²) in [6.45, 7) is 0.714. The van der Waals surface area contributed by atoms with E-state index in [0.717, 1.165) is 0 Å². The molecule has 1 unspecified atom stereocenters. The first kappa shape index (κ1) is 11.3. The lowest BCUT2D eigenvalue weighted by Crippen LogP contribution is -2.25. The highest BCUT2D eigenvalue weighted by atomic mass is 35.5. The molecule has 18 heavy (non-hydrogen) atoms. The molecule has 2 aromatic heterocycles. The van der Waals surface area contributed by atoms with E-state index in [-0.39, 0.29) is 11.9 Å². The summed E-state index contributed by atoms with van der Waals surface area (Å²) in [5.41, 5.74) is 7.20. The van der Waals surface area contributed by atoms with Crippen LogP contribution in [0.1, 0.15) is 12.5 Å². The highest BCUT2D eigenvalue weighted by Gasteiger charge is 2.33. The molecule has 0 aliphatic carbocycles. The zero-order valence-corrected chi connectivity index (χ0v) is 10.6. The maximum absolute atomic E-state index is 12.1. The smallest absolute Gasteiger partial charge is 0.245 e. The number of nitrogens with zero attached hydrogens (tertiary/aromatic N) is 4. The summed E-state index contributed by atoms with van der Waals surface area (Å²) in [4.78, 5) is 21.9. The fourth-order valence-corrected chi connectivity index (χ4v) is 2.63. The van der Waals surface area contributed by atoms with Crippen molar-refractivity contribution in [3.63, 3.8) is 0 Å². The first-order chi connectivity index (χ1) is 8.59. The Bertz CT molecular complexity index is 638. The van der Waals surface area contributed by atoms with Crippen molar-refractivity contribution in [2.75, 3.05) is 19.3 Å². The van der Waals surface area contributed by atoms with Crippen molar-refractivity contribution in [2.24, 2.45) is 0 Å². The number of nitrogens with two attached hydrogens (primary N) is 1. The molecule has 1 fully saturated rings. The Kier molecular flexibility index (Phi) is 2.41. The number of aromatic nitrogens is 3. The molecule has 0 bridgehead atoms. The maximum Gasteiger partial charge on any atom is 0.245 e. The van der Waals surface area contributed by atoms with Crippen LogP contribution in [0.15, 0.2) is 12.4 Å². The summed E-state index contributed by atoms with van der Waals surface area (Å²) in [5.74, 6) is 0.336. The molecular weight excluding hydrogens is 254 g/mol. The monoisotopic (exact) mass is 265 g/mol. The number of amides is 1. The van der Waals surface area contributed by atoms with Crippen molar-refractivity contribution < 1.29 is 4.79 Å². The van der Waals surface area contributed by atoms with Gasteiger partial charge in [0.15, 0.2) is 0 Å². The number of likely N-dealkylation sites (N-methyl/N-ethyl adjacent to an activating group) is 1. The van der Waals surface area contributed by atoms with Crippen molar-refractivity contribution in [2.45, 2.75) is 12.5 Å². The van der Waals surface area contributed by atoms with Crippen LogP contribution in [0.3, 0.4) is 0 Å². The average Bonchev–Trinajstić information content (AvgIpc) is 2.82. The van der Waals surface area contributed by atoms with Crippen LogP contribution in [0.4, 0.5) is 5.95 Å². The van der Waals surface area contributed by atoms with Gasteiger partial charge in [0.05, 0.1) is 16.7 Å². The van der Waals surface area contributed by atoms with E-state index in [0.29, 0.717) is 35.0 Å². The SMILES string of the molecule is CN1CCC(n2c(N)nc3cncc(Cl)c32)C1=O. The van der Waals surface area contributed by atoms with Crippen LogP contribution in [0.5, 0.6) is 0 Å². The van der Waals surface area contributed by atoms with E-state index in [2.05, 4.69) is 9.97 Å². The molecule has 1 saturated heterocycles. The van der Waals surface area contributed by atoms with Gasteiger partial charge in [0, 0.05) is 19.8 Å². The third-order valence-electron chi connectivity index (χ3n) is 3.29. The number of imidazole rings is 1. The van der Waals surface area contributed by atoms with Crippen LogP contribution in [-0.4, -0.2) is 38.9 Å². The zero-order chi connectivity index (χ0) is 12.9. The second kappa shape index (κ2) is 3.84. The van der Waals surface area contributed by atoms with Crippen molar-refractivity contribution in [3.8, 4) is 0 Å². The highest BCUT2D eigenvalue weighted by molar-refractivity contribution is 6.34. The topological polar surface area (TPSA) is 77.0 Å². The van der Waals surface area contributed by atoms with Gasteiger partial charge < -0.3 is 10.6 Å². The fraction of sp³-hybridized carbons (Fsp3) is 0.364. The molecule has 6 nitrogen and oxygen atoms in total. The number of anilines is 1. The van der Waals surface area contributed by atoms with E-state index in [1.54, 1.807) is 22.7 Å². The van der Waals surface area contributed by atoms with Crippen molar-refractivity contribution in [1.82, 2.24) is 19.4 Å². The number of fused-ring (bicyclic) bond motifs is 1. The van der Waals surface area contributed by atoms with Gasteiger partial charge in [-0.3, -0.25) is 14.3 Å². The maximum atomic E-state index is 12.1. The third-order valence-corrected chi connectivity index (χ3v) is 3.56. The number of hydrogen-bond acceptors (Lipinski definition) is 4. The zero-order valence-electron chi connectivity index (χ0n) is 9.80. The lowest BCUT2D eigenvalue weighted by atomic mass is 10.2. The van der Waals surface area contributed by atoms with Gasteiger partial charge in [0.1, 0.15) is 11.6 Å². The summed E-state index contributed by atoms with van der Waals surface area (Å²) >= 11 is 6.13. The summed E-state index contributed by atoms with van der Waals surface area (Å²) in [6.07, 6.45) is 3.84. The average molecular weight is 266 g/mol. The number of likely N-dealkylation sites (tertiary alicyclic amines) is 1. The van der Waals surface area contributed by atoms with Crippen molar-refractivity contribution >= 4 is 34.5 Å². The van der Waals surface area contributed by atoms with Crippen LogP contribution in [-0.2, 0) is 4.79 Å². The fourth-order valence-electron chi connectivity index (χ4n) is 2.39. The van der Waals surface area contributed by atoms with E-state index in [4.69, 9.17) is 17.3 Å². The molecule has 0 aromatic carbocycles. The molecule has 3 rings (SSSR count). The molecule has 2 N–H and O–H groups in total. The molecular formula is C11H12ClN5O. The van der Waals surface area contributed by atoms with Gasteiger partial charge in [-0.05, 0) is 6.42 Å². The normalized spacial score (nSPS) is 20.0. The Labute approximate surface area is 108 Å². The van der Waals surface area contributed by atoms with Gasteiger partial charge in [0.2, 0.25) is 11.9 Å². The predicted octanol–water partition coefficient (Wildman–Crippen LogP) is 1.07. The summed E-state index contributed by atoms with van der Waals surface area (Å²) in [7, 11) is 1.78. The molecule has 0 radical (unpaired) electrons. The molecule has 1 aliphatic heterocycles. The first-order valence-corrected chi connectivity index (χ1v) is 5.99. The van der Waals surface area contributed by atoms with Gasteiger partial charge in [-0.15, -0.1) is 0 Å². The molecule has 0 spiro atoms.